The number of hydrogen-bond acceptors (Lipinski definition) is 4. The Kier molecular flexibility index (Phi) is 4.76. The summed E-state index contributed by atoms with van der Waals surface area (Å²) in [7, 11) is 0. The lowest BCUT2D eigenvalue weighted by atomic mass is 9.84. The van der Waals surface area contributed by atoms with Gasteiger partial charge in [0, 0.05) is 12.6 Å². The van der Waals surface area contributed by atoms with Crippen molar-refractivity contribution in [2.45, 2.75) is 56.8 Å². The molecule has 0 aromatic carbocycles. The minimum absolute atomic E-state index is 0.0441. The van der Waals surface area contributed by atoms with Crippen LogP contribution in [-0.2, 0) is 14.3 Å². The number of rotatable bonds is 4. The van der Waals surface area contributed by atoms with Gasteiger partial charge in [0.2, 0.25) is 5.91 Å². The van der Waals surface area contributed by atoms with Gasteiger partial charge in [-0.05, 0) is 25.7 Å². The Hall–Kier alpha value is -1.14. The molecule has 108 valence electrons. The summed E-state index contributed by atoms with van der Waals surface area (Å²) in [5.74, 6) is -1.48. The zero-order chi connectivity index (χ0) is 13.8. The summed E-state index contributed by atoms with van der Waals surface area (Å²) in [6, 6.07) is -0.265. The quantitative estimate of drug-likeness (QED) is 0.680. The lowest BCUT2D eigenvalue weighted by Gasteiger charge is -2.30. The minimum Gasteiger partial charge on any atom is -0.481 e. The van der Waals surface area contributed by atoms with Gasteiger partial charge >= 0.3 is 5.97 Å². The standard InChI is InChI=1S/C13H22N2O4/c14-7-8-5-6-11(19-8)12(16)15-10-4-2-1-3-9(10)13(17)18/h8-11H,1-7,14H2,(H,15,16)(H,17,18). The van der Waals surface area contributed by atoms with Crippen LogP contribution in [-0.4, -0.2) is 41.8 Å². The zero-order valence-corrected chi connectivity index (χ0v) is 11.0. The van der Waals surface area contributed by atoms with Crippen LogP contribution in [0.25, 0.3) is 0 Å². The van der Waals surface area contributed by atoms with Crippen molar-refractivity contribution in [2.24, 2.45) is 11.7 Å². The predicted octanol–water partition coefficient (Wildman–Crippen LogP) is 0.252. The van der Waals surface area contributed by atoms with Crippen LogP contribution in [0.15, 0.2) is 0 Å². The van der Waals surface area contributed by atoms with Crippen LogP contribution >= 0.6 is 0 Å². The third-order valence-electron chi connectivity index (χ3n) is 4.07. The van der Waals surface area contributed by atoms with E-state index >= 15 is 0 Å². The number of nitrogens with one attached hydrogen (secondary N) is 1. The van der Waals surface area contributed by atoms with Crippen LogP contribution in [0.3, 0.4) is 0 Å². The highest BCUT2D eigenvalue weighted by atomic mass is 16.5. The summed E-state index contributed by atoms with van der Waals surface area (Å²) >= 11 is 0. The molecule has 0 radical (unpaired) electrons. The summed E-state index contributed by atoms with van der Waals surface area (Å²) in [6.45, 7) is 0.422. The van der Waals surface area contributed by atoms with Crippen LogP contribution < -0.4 is 11.1 Å². The Bertz CT molecular complexity index is 348. The van der Waals surface area contributed by atoms with Crippen LogP contribution in [0, 0.1) is 5.92 Å². The number of nitrogens with two attached hydrogens (primary N) is 1. The molecule has 1 amide bonds. The highest BCUT2D eigenvalue weighted by molar-refractivity contribution is 5.82. The fraction of sp³-hybridized carbons (Fsp3) is 0.846. The molecule has 4 atom stereocenters. The number of carbonyl (C=O) groups excluding carboxylic acids is 1. The van der Waals surface area contributed by atoms with E-state index in [1.807, 2.05) is 0 Å². The third-order valence-corrected chi connectivity index (χ3v) is 4.07. The van der Waals surface area contributed by atoms with E-state index in [4.69, 9.17) is 15.6 Å². The van der Waals surface area contributed by atoms with Gasteiger partial charge in [0.25, 0.3) is 0 Å². The lowest BCUT2D eigenvalue weighted by Crippen LogP contribution is -2.48. The van der Waals surface area contributed by atoms with E-state index in [0.717, 1.165) is 25.7 Å². The van der Waals surface area contributed by atoms with Gasteiger partial charge in [0.05, 0.1) is 12.0 Å². The first-order valence-corrected chi connectivity index (χ1v) is 7.00. The first-order chi connectivity index (χ1) is 9.11. The SMILES string of the molecule is NCC1CCC(C(=O)NC2CCCCC2C(=O)O)O1. The number of hydrogen-bond donors (Lipinski definition) is 3. The van der Waals surface area contributed by atoms with Crippen molar-refractivity contribution >= 4 is 11.9 Å². The Labute approximate surface area is 112 Å². The van der Waals surface area contributed by atoms with Gasteiger partial charge in [0.1, 0.15) is 6.10 Å². The highest BCUT2D eigenvalue weighted by Crippen LogP contribution is 2.26. The summed E-state index contributed by atoms with van der Waals surface area (Å²) in [6.07, 6.45) is 4.19. The van der Waals surface area contributed by atoms with Crippen molar-refractivity contribution in [3.8, 4) is 0 Å². The molecule has 6 nitrogen and oxygen atoms in total. The number of carbonyl (C=O) groups is 2. The van der Waals surface area contributed by atoms with Gasteiger partial charge in [-0.1, -0.05) is 12.8 Å². The summed E-state index contributed by atoms with van der Waals surface area (Å²) in [5, 5.41) is 12.0. The number of amides is 1. The Balaban J connectivity index is 1.88. The topological polar surface area (TPSA) is 102 Å². The summed E-state index contributed by atoms with van der Waals surface area (Å²) < 4.78 is 5.53. The van der Waals surface area contributed by atoms with E-state index in [9.17, 15) is 9.59 Å². The molecule has 0 spiro atoms. The molecule has 19 heavy (non-hydrogen) atoms. The lowest BCUT2D eigenvalue weighted by molar-refractivity contribution is -0.144. The van der Waals surface area contributed by atoms with Crippen LogP contribution in [0.2, 0.25) is 0 Å². The van der Waals surface area contributed by atoms with E-state index in [1.165, 1.54) is 0 Å². The highest BCUT2D eigenvalue weighted by Gasteiger charge is 2.35. The normalized spacial score (nSPS) is 35.0. The number of aliphatic carboxylic acids is 1. The molecule has 1 saturated carbocycles. The average Bonchev–Trinajstić information content (AvgIpc) is 2.88. The maximum atomic E-state index is 12.1. The maximum Gasteiger partial charge on any atom is 0.308 e. The van der Waals surface area contributed by atoms with Gasteiger partial charge in [-0.2, -0.15) is 0 Å². The van der Waals surface area contributed by atoms with E-state index in [0.29, 0.717) is 19.4 Å². The minimum atomic E-state index is -0.822. The second kappa shape index (κ2) is 6.34. The molecular formula is C13H22N2O4. The molecule has 0 aromatic heterocycles. The second-order valence-corrected chi connectivity index (χ2v) is 5.40. The summed E-state index contributed by atoms with van der Waals surface area (Å²) in [5.41, 5.74) is 5.51. The molecule has 1 saturated heterocycles. The monoisotopic (exact) mass is 270 g/mol. The van der Waals surface area contributed by atoms with Crippen LogP contribution in [0.4, 0.5) is 0 Å². The van der Waals surface area contributed by atoms with Crippen LogP contribution in [0.5, 0.6) is 0 Å². The van der Waals surface area contributed by atoms with E-state index in [1.54, 1.807) is 0 Å². The zero-order valence-electron chi connectivity index (χ0n) is 11.0. The van der Waals surface area contributed by atoms with Crippen molar-refractivity contribution in [1.82, 2.24) is 5.32 Å². The first-order valence-electron chi connectivity index (χ1n) is 7.00. The number of ether oxygens (including phenoxy) is 1. The first kappa shape index (κ1) is 14.3. The molecule has 2 aliphatic rings. The fourth-order valence-electron chi connectivity index (χ4n) is 2.95. The predicted molar refractivity (Wildman–Crippen MR) is 68.5 cm³/mol. The van der Waals surface area contributed by atoms with E-state index in [-0.39, 0.29) is 18.1 Å². The van der Waals surface area contributed by atoms with Gasteiger partial charge in [-0.15, -0.1) is 0 Å². The Morgan fingerprint density at radius 1 is 1.21 bits per heavy atom. The van der Waals surface area contributed by atoms with Crippen LogP contribution in [0.1, 0.15) is 38.5 Å². The molecule has 0 bridgehead atoms. The molecular weight excluding hydrogens is 248 g/mol. The molecule has 0 aromatic rings. The van der Waals surface area contributed by atoms with Gasteiger partial charge in [-0.25, -0.2) is 0 Å². The molecule has 1 aliphatic carbocycles. The number of carboxylic acid groups (broad SMARTS) is 1. The molecule has 2 fully saturated rings. The summed E-state index contributed by atoms with van der Waals surface area (Å²) in [4.78, 5) is 23.2. The molecule has 4 N–H and O–H groups in total. The molecule has 4 unspecified atom stereocenters. The van der Waals surface area contributed by atoms with E-state index < -0.39 is 18.0 Å². The van der Waals surface area contributed by atoms with Crippen molar-refractivity contribution in [3.05, 3.63) is 0 Å². The molecule has 2 rings (SSSR count). The van der Waals surface area contributed by atoms with Gasteiger partial charge in [0.15, 0.2) is 0 Å². The smallest absolute Gasteiger partial charge is 0.308 e. The third kappa shape index (κ3) is 3.45. The van der Waals surface area contributed by atoms with Gasteiger partial charge < -0.3 is 20.9 Å². The maximum absolute atomic E-state index is 12.1. The number of carboxylic acids is 1. The average molecular weight is 270 g/mol. The molecule has 1 aliphatic heterocycles. The van der Waals surface area contributed by atoms with Gasteiger partial charge in [-0.3, -0.25) is 9.59 Å². The Morgan fingerprint density at radius 3 is 2.58 bits per heavy atom. The molecule has 6 heteroatoms. The van der Waals surface area contributed by atoms with Crippen molar-refractivity contribution in [2.75, 3.05) is 6.54 Å². The Morgan fingerprint density at radius 2 is 1.95 bits per heavy atom. The van der Waals surface area contributed by atoms with E-state index in [2.05, 4.69) is 5.32 Å². The van der Waals surface area contributed by atoms with Crippen molar-refractivity contribution in [1.29, 1.82) is 0 Å². The molecule has 1 heterocycles. The van der Waals surface area contributed by atoms with Crippen molar-refractivity contribution in [3.63, 3.8) is 0 Å². The van der Waals surface area contributed by atoms with Crippen molar-refractivity contribution < 1.29 is 19.4 Å². The fourth-order valence-corrected chi connectivity index (χ4v) is 2.95. The largest absolute Gasteiger partial charge is 0.481 e. The second-order valence-electron chi connectivity index (χ2n) is 5.40.